The maximum atomic E-state index is 8.98. The predicted molar refractivity (Wildman–Crippen MR) is 163 cm³/mol. The molecule has 1 fully saturated rings. The SMILES string of the molecule is CC(C)N(CCOc1ccc2cc(C(=N)c3cc(-c4n[nH]c(CN5CCCC5)n4)ccc3N)ccc2c1)C(C)C. The zero-order chi connectivity index (χ0) is 28.2. The summed E-state index contributed by atoms with van der Waals surface area (Å²) in [5, 5.41) is 18.6. The molecule has 1 saturated heterocycles. The maximum absolute atomic E-state index is 8.98. The lowest BCUT2D eigenvalue weighted by atomic mass is 9.96. The van der Waals surface area contributed by atoms with E-state index < -0.39 is 0 Å². The van der Waals surface area contributed by atoms with Crippen LogP contribution < -0.4 is 10.5 Å². The summed E-state index contributed by atoms with van der Waals surface area (Å²) < 4.78 is 6.08. The molecule has 0 aliphatic carbocycles. The third kappa shape index (κ3) is 6.35. The molecule has 4 N–H and O–H groups in total. The molecule has 8 heteroatoms. The number of aromatic nitrogens is 3. The van der Waals surface area contributed by atoms with Crippen LogP contribution in [0, 0.1) is 5.41 Å². The number of ether oxygens (including phenoxy) is 1. The molecule has 0 unspecified atom stereocenters. The first kappa shape index (κ1) is 27.8. The van der Waals surface area contributed by atoms with E-state index in [1.807, 2.05) is 42.5 Å². The highest BCUT2D eigenvalue weighted by Gasteiger charge is 2.17. The van der Waals surface area contributed by atoms with Crippen LogP contribution in [0.2, 0.25) is 0 Å². The summed E-state index contributed by atoms with van der Waals surface area (Å²) in [7, 11) is 0. The number of likely N-dealkylation sites (tertiary alicyclic amines) is 1. The zero-order valence-electron chi connectivity index (χ0n) is 24.1. The molecule has 0 amide bonds. The van der Waals surface area contributed by atoms with Gasteiger partial charge >= 0.3 is 0 Å². The number of nitrogens with two attached hydrogens (primary N) is 1. The summed E-state index contributed by atoms with van der Waals surface area (Å²) in [6, 6.07) is 18.8. The van der Waals surface area contributed by atoms with Crippen molar-refractivity contribution in [3.05, 3.63) is 71.5 Å². The van der Waals surface area contributed by atoms with Crippen molar-refractivity contribution >= 4 is 22.2 Å². The van der Waals surface area contributed by atoms with E-state index in [0.29, 0.717) is 41.5 Å². The van der Waals surface area contributed by atoms with Crippen LogP contribution in [0.1, 0.15) is 57.5 Å². The zero-order valence-corrected chi connectivity index (χ0v) is 24.1. The Labute approximate surface area is 237 Å². The van der Waals surface area contributed by atoms with Crippen molar-refractivity contribution < 1.29 is 4.74 Å². The lowest BCUT2D eigenvalue weighted by Gasteiger charge is -2.30. The fraction of sp³-hybridized carbons (Fsp3) is 0.406. The number of aromatic amines is 1. The highest BCUT2D eigenvalue weighted by atomic mass is 16.5. The monoisotopic (exact) mass is 539 g/mol. The maximum Gasteiger partial charge on any atom is 0.181 e. The molecule has 4 aromatic rings. The van der Waals surface area contributed by atoms with Gasteiger partial charge in [-0.15, -0.1) is 0 Å². The first-order valence-electron chi connectivity index (χ1n) is 14.3. The van der Waals surface area contributed by atoms with Gasteiger partial charge in [-0.05, 0) is 101 Å². The standard InChI is InChI=1S/C32H41N7O/c1-21(2)39(22(3)4)15-16-40-27-11-9-23-17-25(8-7-24(23)18-27)31(34)28-19-26(10-12-29(28)33)32-35-30(36-37-32)20-38-13-5-6-14-38/h7-12,17-19,21-22,34H,5-6,13-16,20,33H2,1-4H3,(H,35,36,37). The molecule has 0 saturated carbocycles. The molecule has 1 aliphatic rings. The molecule has 1 aliphatic heterocycles. The molecule has 40 heavy (non-hydrogen) atoms. The average Bonchev–Trinajstić information content (AvgIpc) is 3.63. The third-order valence-corrected chi connectivity index (χ3v) is 7.73. The van der Waals surface area contributed by atoms with Crippen molar-refractivity contribution in [2.45, 2.75) is 59.2 Å². The van der Waals surface area contributed by atoms with Gasteiger partial charge < -0.3 is 10.5 Å². The Balaban J connectivity index is 1.29. The van der Waals surface area contributed by atoms with E-state index in [4.69, 9.17) is 20.9 Å². The number of nitrogen functional groups attached to an aromatic ring is 1. The van der Waals surface area contributed by atoms with Crippen LogP contribution in [0.5, 0.6) is 5.75 Å². The Kier molecular flexibility index (Phi) is 8.47. The van der Waals surface area contributed by atoms with Crippen LogP contribution in [-0.4, -0.2) is 69.0 Å². The lowest BCUT2D eigenvalue weighted by Crippen LogP contribution is -2.39. The van der Waals surface area contributed by atoms with Crippen molar-refractivity contribution in [1.29, 1.82) is 5.41 Å². The van der Waals surface area contributed by atoms with E-state index in [-0.39, 0.29) is 0 Å². The second-order valence-corrected chi connectivity index (χ2v) is 11.3. The van der Waals surface area contributed by atoms with Gasteiger partial charge in [0, 0.05) is 41.0 Å². The largest absolute Gasteiger partial charge is 0.492 e. The van der Waals surface area contributed by atoms with E-state index in [1.54, 1.807) is 0 Å². The number of rotatable bonds is 11. The van der Waals surface area contributed by atoms with E-state index in [0.717, 1.165) is 59.7 Å². The fourth-order valence-electron chi connectivity index (χ4n) is 5.57. The Hall–Kier alpha value is -3.75. The smallest absolute Gasteiger partial charge is 0.181 e. The molecule has 3 aromatic carbocycles. The molecule has 210 valence electrons. The highest BCUT2D eigenvalue weighted by molar-refractivity contribution is 6.15. The summed E-state index contributed by atoms with van der Waals surface area (Å²) >= 11 is 0. The number of hydrogen-bond donors (Lipinski definition) is 3. The molecule has 0 spiro atoms. The first-order valence-corrected chi connectivity index (χ1v) is 14.3. The molecule has 8 nitrogen and oxygen atoms in total. The van der Waals surface area contributed by atoms with Gasteiger partial charge in [0.1, 0.15) is 18.2 Å². The molecule has 1 aromatic heterocycles. The number of anilines is 1. The summed E-state index contributed by atoms with van der Waals surface area (Å²) in [6.45, 7) is 13.4. The summed E-state index contributed by atoms with van der Waals surface area (Å²) in [4.78, 5) is 9.52. The number of hydrogen-bond acceptors (Lipinski definition) is 7. The van der Waals surface area contributed by atoms with Gasteiger partial charge in [-0.2, -0.15) is 5.10 Å². The van der Waals surface area contributed by atoms with Gasteiger partial charge in [0.05, 0.1) is 12.3 Å². The molecular formula is C32H41N7O. The van der Waals surface area contributed by atoms with Crippen molar-refractivity contribution in [3.8, 4) is 17.1 Å². The average molecular weight is 540 g/mol. The first-order chi connectivity index (χ1) is 19.3. The van der Waals surface area contributed by atoms with E-state index in [9.17, 15) is 0 Å². The van der Waals surface area contributed by atoms with Crippen LogP contribution in [0.25, 0.3) is 22.2 Å². The van der Waals surface area contributed by atoms with Gasteiger partial charge in [-0.1, -0.05) is 18.2 Å². The number of benzene rings is 3. The van der Waals surface area contributed by atoms with Crippen LogP contribution in [0.15, 0.2) is 54.6 Å². The van der Waals surface area contributed by atoms with Crippen molar-refractivity contribution in [2.24, 2.45) is 0 Å². The molecule has 2 heterocycles. The number of fused-ring (bicyclic) bond motifs is 1. The summed E-state index contributed by atoms with van der Waals surface area (Å²) in [5.41, 5.74) is 9.59. The highest BCUT2D eigenvalue weighted by Crippen LogP contribution is 2.27. The van der Waals surface area contributed by atoms with Crippen molar-refractivity contribution in [3.63, 3.8) is 0 Å². The van der Waals surface area contributed by atoms with Crippen LogP contribution in [-0.2, 0) is 6.54 Å². The lowest BCUT2D eigenvalue weighted by molar-refractivity contribution is 0.142. The normalized spacial score (nSPS) is 14.2. The molecular weight excluding hydrogens is 498 g/mol. The Morgan fingerprint density at radius 3 is 2.48 bits per heavy atom. The number of nitrogens with zero attached hydrogens (tertiary/aromatic N) is 4. The Bertz CT molecular complexity index is 1460. The van der Waals surface area contributed by atoms with E-state index in [1.165, 1.54) is 12.8 Å². The van der Waals surface area contributed by atoms with Crippen LogP contribution in [0.3, 0.4) is 0 Å². The van der Waals surface area contributed by atoms with Gasteiger partial charge in [-0.25, -0.2) is 4.98 Å². The van der Waals surface area contributed by atoms with Gasteiger partial charge in [0.2, 0.25) is 0 Å². The Morgan fingerprint density at radius 2 is 1.73 bits per heavy atom. The molecule has 5 rings (SSSR count). The molecule has 0 bridgehead atoms. The van der Waals surface area contributed by atoms with Gasteiger partial charge in [-0.3, -0.25) is 20.3 Å². The second kappa shape index (κ2) is 12.2. The fourth-order valence-corrected chi connectivity index (χ4v) is 5.57. The summed E-state index contributed by atoms with van der Waals surface area (Å²) in [5.74, 6) is 2.34. The van der Waals surface area contributed by atoms with Gasteiger partial charge in [0.25, 0.3) is 0 Å². The van der Waals surface area contributed by atoms with Crippen molar-refractivity contribution in [2.75, 3.05) is 32.0 Å². The second-order valence-electron chi connectivity index (χ2n) is 11.3. The number of H-pyrrole nitrogens is 1. The van der Waals surface area contributed by atoms with E-state index >= 15 is 0 Å². The number of nitrogens with one attached hydrogen (secondary N) is 2. The Morgan fingerprint density at radius 1 is 1.00 bits per heavy atom. The predicted octanol–water partition coefficient (Wildman–Crippen LogP) is 5.72. The van der Waals surface area contributed by atoms with Crippen molar-refractivity contribution in [1.82, 2.24) is 25.0 Å². The minimum atomic E-state index is 0.372. The minimum Gasteiger partial charge on any atom is -0.492 e. The topological polar surface area (TPSA) is 107 Å². The van der Waals surface area contributed by atoms with Crippen LogP contribution in [0.4, 0.5) is 5.69 Å². The van der Waals surface area contributed by atoms with Crippen LogP contribution >= 0.6 is 0 Å². The molecule has 0 atom stereocenters. The van der Waals surface area contributed by atoms with Gasteiger partial charge in [0.15, 0.2) is 5.82 Å². The summed E-state index contributed by atoms with van der Waals surface area (Å²) in [6.07, 6.45) is 2.48. The third-order valence-electron chi connectivity index (χ3n) is 7.73. The minimum absolute atomic E-state index is 0.372. The molecule has 0 radical (unpaired) electrons. The van der Waals surface area contributed by atoms with E-state index in [2.05, 4.69) is 59.8 Å². The quantitative estimate of drug-likeness (QED) is 0.166.